The van der Waals surface area contributed by atoms with Crippen LogP contribution in [0.3, 0.4) is 0 Å². The molecule has 0 fully saturated rings. The maximum absolute atomic E-state index is 12.9. The fourth-order valence-corrected chi connectivity index (χ4v) is 4.48. The summed E-state index contributed by atoms with van der Waals surface area (Å²) in [6.07, 6.45) is 1.46. The van der Waals surface area contributed by atoms with E-state index >= 15 is 0 Å². The van der Waals surface area contributed by atoms with Gasteiger partial charge in [0.25, 0.3) is 5.91 Å². The van der Waals surface area contributed by atoms with E-state index < -0.39 is 15.9 Å². The number of carbonyl (C=O) groups is 1. The lowest BCUT2D eigenvalue weighted by Crippen LogP contribution is -2.37. The predicted molar refractivity (Wildman–Crippen MR) is 109 cm³/mol. The Kier molecular flexibility index (Phi) is 6.93. The second-order valence-corrected chi connectivity index (χ2v) is 8.54. The molecule has 1 amide bonds. The first-order chi connectivity index (χ1) is 13.1. The van der Waals surface area contributed by atoms with Crippen LogP contribution < -0.4 is 10.2 Å². The number of amides is 1. The highest BCUT2D eigenvalue weighted by Crippen LogP contribution is 2.24. The third-order valence-corrected chi connectivity index (χ3v) is 6.25. The molecule has 0 spiro atoms. The van der Waals surface area contributed by atoms with Gasteiger partial charge in [-0.05, 0) is 49.6 Å². The Morgan fingerprint density at radius 1 is 1.18 bits per heavy atom. The van der Waals surface area contributed by atoms with Crippen LogP contribution in [-0.2, 0) is 14.8 Å². The molecule has 2 aromatic carbocycles. The topological polar surface area (TPSA) is 88.1 Å². The standard InChI is InChI=1S/C20H25N3O4S/c1-14-9-15(2)20(16(3)10-14)28(25,26)23(4)13-19(24)22-21-12-17-7-6-8-18(11-17)27-5/h6-12H,13H2,1-5H3,(H,22,24)/b21-12-. The zero-order valence-electron chi connectivity index (χ0n) is 16.7. The third kappa shape index (κ3) is 5.17. The van der Waals surface area contributed by atoms with Crippen molar-refractivity contribution in [1.82, 2.24) is 9.73 Å². The molecule has 0 unspecified atom stereocenters. The van der Waals surface area contributed by atoms with E-state index in [4.69, 9.17) is 4.74 Å². The van der Waals surface area contributed by atoms with Crippen LogP contribution in [0.15, 0.2) is 46.4 Å². The minimum atomic E-state index is -3.79. The summed E-state index contributed by atoms with van der Waals surface area (Å²) in [5, 5.41) is 3.87. The Hall–Kier alpha value is -2.71. The van der Waals surface area contributed by atoms with Gasteiger partial charge in [0.2, 0.25) is 10.0 Å². The highest BCUT2D eigenvalue weighted by atomic mass is 32.2. The molecule has 28 heavy (non-hydrogen) atoms. The number of rotatable bonds is 7. The molecule has 0 aliphatic heterocycles. The molecule has 0 aromatic heterocycles. The zero-order valence-corrected chi connectivity index (χ0v) is 17.5. The van der Waals surface area contributed by atoms with E-state index in [2.05, 4.69) is 10.5 Å². The molecule has 0 bridgehead atoms. The minimum absolute atomic E-state index is 0.230. The first-order valence-electron chi connectivity index (χ1n) is 8.65. The van der Waals surface area contributed by atoms with E-state index in [1.807, 2.05) is 19.1 Å². The van der Waals surface area contributed by atoms with E-state index in [9.17, 15) is 13.2 Å². The number of nitrogens with zero attached hydrogens (tertiary/aromatic N) is 2. The Bertz CT molecular complexity index is 977. The van der Waals surface area contributed by atoms with Gasteiger partial charge in [0.1, 0.15) is 5.75 Å². The van der Waals surface area contributed by atoms with Crippen LogP contribution in [0.4, 0.5) is 0 Å². The van der Waals surface area contributed by atoms with E-state index in [0.29, 0.717) is 16.9 Å². The Morgan fingerprint density at radius 3 is 2.43 bits per heavy atom. The fourth-order valence-electron chi connectivity index (χ4n) is 2.95. The van der Waals surface area contributed by atoms with E-state index in [0.717, 1.165) is 15.4 Å². The highest BCUT2D eigenvalue weighted by Gasteiger charge is 2.26. The second-order valence-electron chi connectivity index (χ2n) is 6.56. The third-order valence-electron chi connectivity index (χ3n) is 4.14. The molecule has 1 N–H and O–H groups in total. The number of methoxy groups -OCH3 is 1. The van der Waals surface area contributed by atoms with E-state index in [1.165, 1.54) is 13.3 Å². The number of likely N-dealkylation sites (N-methyl/N-ethyl adjacent to an activating group) is 1. The summed E-state index contributed by atoms with van der Waals surface area (Å²) in [5.74, 6) is 0.137. The molecule has 0 heterocycles. The van der Waals surface area contributed by atoms with Gasteiger partial charge < -0.3 is 4.74 Å². The van der Waals surface area contributed by atoms with Crippen LogP contribution >= 0.6 is 0 Å². The van der Waals surface area contributed by atoms with Crippen molar-refractivity contribution in [2.24, 2.45) is 5.10 Å². The lowest BCUT2D eigenvalue weighted by molar-refractivity contribution is -0.121. The number of sulfonamides is 1. The minimum Gasteiger partial charge on any atom is -0.497 e. The number of hydrogen-bond donors (Lipinski definition) is 1. The van der Waals surface area contributed by atoms with Gasteiger partial charge in [-0.15, -0.1) is 0 Å². The first-order valence-corrected chi connectivity index (χ1v) is 10.1. The molecule has 0 atom stereocenters. The van der Waals surface area contributed by atoms with Crippen molar-refractivity contribution in [3.63, 3.8) is 0 Å². The molecule has 0 radical (unpaired) electrons. The van der Waals surface area contributed by atoms with Crippen molar-refractivity contribution in [3.05, 3.63) is 58.7 Å². The number of aryl methyl sites for hydroxylation is 3. The normalized spacial score (nSPS) is 11.8. The number of nitrogens with one attached hydrogen (secondary N) is 1. The molecule has 2 aromatic rings. The average molecular weight is 404 g/mol. The van der Waals surface area contributed by atoms with Crippen LogP contribution in [0, 0.1) is 20.8 Å². The largest absolute Gasteiger partial charge is 0.497 e. The lowest BCUT2D eigenvalue weighted by Gasteiger charge is -2.19. The second kappa shape index (κ2) is 8.99. The van der Waals surface area contributed by atoms with Crippen molar-refractivity contribution in [1.29, 1.82) is 0 Å². The number of carbonyl (C=O) groups excluding carboxylic acids is 1. The van der Waals surface area contributed by atoms with Crippen LogP contribution in [0.1, 0.15) is 22.3 Å². The molecule has 0 aliphatic carbocycles. The monoisotopic (exact) mass is 403 g/mol. The molecular formula is C20H25N3O4S. The Labute approximate surface area is 166 Å². The summed E-state index contributed by atoms with van der Waals surface area (Å²) in [6.45, 7) is 5.07. The number of ether oxygens (including phenoxy) is 1. The predicted octanol–water partition coefficient (Wildman–Crippen LogP) is 2.39. The summed E-state index contributed by atoms with van der Waals surface area (Å²) in [7, 11) is -0.859. The number of hydrazone groups is 1. The Balaban J connectivity index is 2.06. The van der Waals surface area contributed by atoms with Gasteiger partial charge in [-0.25, -0.2) is 13.8 Å². The van der Waals surface area contributed by atoms with Gasteiger partial charge in [-0.1, -0.05) is 29.8 Å². The van der Waals surface area contributed by atoms with Crippen molar-refractivity contribution < 1.29 is 17.9 Å². The van der Waals surface area contributed by atoms with Gasteiger partial charge in [0.15, 0.2) is 0 Å². The maximum atomic E-state index is 12.9. The van der Waals surface area contributed by atoms with Crippen LogP contribution in [0.5, 0.6) is 5.75 Å². The quantitative estimate of drug-likeness (QED) is 0.568. The summed E-state index contributed by atoms with van der Waals surface area (Å²) in [5.41, 5.74) is 5.38. The van der Waals surface area contributed by atoms with Crippen LogP contribution in [-0.4, -0.2) is 45.5 Å². The van der Waals surface area contributed by atoms with Gasteiger partial charge in [-0.2, -0.15) is 9.41 Å². The smallest absolute Gasteiger partial charge is 0.255 e. The SMILES string of the molecule is COc1cccc(/C=N\NC(=O)CN(C)S(=O)(=O)c2c(C)cc(C)cc2C)c1. The summed E-state index contributed by atoms with van der Waals surface area (Å²) >= 11 is 0. The molecular weight excluding hydrogens is 378 g/mol. The molecule has 0 saturated carbocycles. The number of hydrogen-bond acceptors (Lipinski definition) is 5. The molecule has 0 saturated heterocycles. The van der Waals surface area contributed by atoms with Crippen molar-refractivity contribution in [2.75, 3.05) is 20.7 Å². The zero-order chi connectivity index (χ0) is 20.9. The molecule has 150 valence electrons. The maximum Gasteiger partial charge on any atom is 0.255 e. The van der Waals surface area contributed by atoms with Crippen LogP contribution in [0.2, 0.25) is 0 Å². The summed E-state index contributed by atoms with van der Waals surface area (Å²) < 4.78 is 31.9. The average Bonchev–Trinajstić information content (AvgIpc) is 2.60. The summed E-state index contributed by atoms with van der Waals surface area (Å²) in [6, 6.07) is 10.8. The van der Waals surface area contributed by atoms with Crippen molar-refractivity contribution >= 4 is 22.1 Å². The van der Waals surface area contributed by atoms with Crippen LogP contribution in [0.25, 0.3) is 0 Å². The van der Waals surface area contributed by atoms with Gasteiger partial charge in [0.05, 0.1) is 24.8 Å². The lowest BCUT2D eigenvalue weighted by atomic mass is 10.1. The molecule has 2 rings (SSSR count). The van der Waals surface area contributed by atoms with Crippen molar-refractivity contribution in [2.45, 2.75) is 25.7 Å². The van der Waals surface area contributed by atoms with E-state index in [-0.39, 0.29) is 11.4 Å². The van der Waals surface area contributed by atoms with Gasteiger partial charge in [0, 0.05) is 7.05 Å². The van der Waals surface area contributed by atoms with Gasteiger partial charge in [-0.3, -0.25) is 4.79 Å². The molecule has 0 aliphatic rings. The van der Waals surface area contributed by atoms with Gasteiger partial charge >= 0.3 is 0 Å². The number of benzene rings is 2. The molecule has 8 heteroatoms. The Morgan fingerprint density at radius 2 is 1.82 bits per heavy atom. The fraction of sp³-hybridized carbons (Fsp3) is 0.300. The highest BCUT2D eigenvalue weighted by molar-refractivity contribution is 7.89. The molecule has 7 nitrogen and oxygen atoms in total. The first kappa shape index (κ1) is 21.6. The van der Waals surface area contributed by atoms with Crippen molar-refractivity contribution in [3.8, 4) is 5.75 Å². The van der Waals surface area contributed by atoms with E-state index in [1.54, 1.807) is 45.2 Å². The summed E-state index contributed by atoms with van der Waals surface area (Å²) in [4.78, 5) is 12.3.